The summed E-state index contributed by atoms with van der Waals surface area (Å²) in [6, 6.07) is 4.28. The van der Waals surface area contributed by atoms with Crippen molar-refractivity contribution >= 4 is 6.03 Å². The first-order chi connectivity index (χ1) is 7.57. The summed E-state index contributed by atoms with van der Waals surface area (Å²) < 4.78 is 19.1. The molecule has 2 bridgehead atoms. The highest BCUT2D eigenvalue weighted by atomic mass is 19.1. The molecule has 2 atom stereocenters. The van der Waals surface area contributed by atoms with Gasteiger partial charge in [0.05, 0.1) is 6.04 Å². The molecule has 2 aliphatic heterocycles. The average molecular weight is 222 g/mol. The number of urea groups is 1. The summed E-state index contributed by atoms with van der Waals surface area (Å²) in [5, 5.41) is 5.41. The fraction of sp³-hybridized carbons (Fsp3) is 0.364. The molecule has 1 aromatic rings. The maximum atomic E-state index is 13.6. The summed E-state index contributed by atoms with van der Waals surface area (Å²) in [7, 11) is 0. The molecule has 0 aliphatic carbocycles. The number of rotatable bonds is 0. The van der Waals surface area contributed by atoms with Crippen LogP contribution in [0.15, 0.2) is 18.2 Å². The molecule has 0 spiro atoms. The third-order valence-corrected chi connectivity index (χ3v) is 2.98. The quantitative estimate of drug-likeness (QED) is 0.701. The lowest BCUT2D eigenvalue weighted by atomic mass is 9.92. The van der Waals surface area contributed by atoms with Crippen LogP contribution in [-0.2, 0) is 0 Å². The van der Waals surface area contributed by atoms with Crippen LogP contribution in [0.3, 0.4) is 0 Å². The highest BCUT2D eigenvalue weighted by Gasteiger charge is 2.44. The fourth-order valence-electron chi connectivity index (χ4n) is 2.31. The summed E-state index contributed by atoms with van der Waals surface area (Å²) >= 11 is 0. The summed E-state index contributed by atoms with van der Waals surface area (Å²) in [4.78, 5) is 11.4. The van der Waals surface area contributed by atoms with E-state index in [9.17, 15) is 9.18 Å². The zero-order valence-electron chi connectivity index (χ0n) is 8.71. The van der Waals surface area contributed by atoms with Gasteiger partial charge in [0.25, 0.3) is 0 Å². The molecule has 5 heteroatoms. The first-order valence-electron chi connectivity index (χ1n) is 5.13. The number of ether oxygens (including phenoxy) is 1. The SMILES string of the molecule is C[C@]12C[C@H](NC(=O)N1)c1cccc(F)c1O2. The number of halogens is 1. The number of para-hydroxylation sites is 1. The van der Waals surface area contributed by atoms with Crippen molar-refractivity contribution in [1.82, 2.24) is 10.6 Å². The van der Waals surface area contributed by atoms with Crippen LogP contribution in [0.4, 0.5) is 9.18 Å². The number of fused-ring (bicyclic) bond motifs is 4. The minimum Gasteiger partial charge on any atom is -0.465 e. The van der Waals surface area contributed by atoms with Gasteiger partial charge in [-0.1, -0.05) is 12.1 Å². The fourth-order valence-corrected chi connectivity index (χ4v) is 2.31. The Hall–Kier alpha value is -1.78. The van der Waals surface area contributed by atoms with E-state index in [1.165, 1.54) is 6.07 Å². The zero-order valence-corrected chi connectivity index (χ0v) is 8.71. The van der Waals surface area contributed by atoms with Gasteiger partial charge in [-0.3, -0.25) is 0 Å². The van der Waals surface area contributed by atoms with Crippen molar-refractivity contribution in [3.63, 3.8) is 0 Å². The molecule has 2 N–H and O–H groups in total. The zero-order chi connectivity index (χ0) is 11.3. The smallest absolute Gasteiger partial charge is 0.318 e. The maximum absolute atomic E-state index is 13.6. The van der Waals surface area contributed by atoms with Crippen LogP contribution in [0.25, 0.3) is 0 Å². The van der Waals surface area contributed by atoms with Crippen molar-refractivity contribution in [2.45, 2.75) is 25.1 Å². The Morgan fingerprint density at radius 2 is 2.38 bits per heavy atom. The van der Waals surface area contributed by atoms with Crippen LogP contribution in [0.1, 0.15) is 24.9 Å². The third kappa shape index (κ3) is 1.24. The minimum atomic E-state index is -0.817. The van der Waals surface area contributed by atoms with E-state index in [-0.39, 0.29) is 17.8 Å². The van der Waals surface area contributed by atoms with E-state index >= 15 is 0 Å². The van der Waals surface area contributed by atoms with Crippen LogP contribution < -0.4 is 15.4 Å². The Morgan fingerprint density at radius 1 is 1.56 bits per heavy atom. The molecule has 2 amide bonds. The van der Waals surface area contributed by atoms with Gasteiger partial charge in [-0.2, -0.15) is 0 Å². The Kier molecular flexibility index (Phi) is 1.70. The molecule has 84 valence electrons. The van der Waals surface area contributed by atoms with Crippen LogP contribution in [-0.4, -0.2) is 11.8 Å². The normalized spacial score (nSPS) is 30.9. The summed E-state index contributed by atoms with van der Waals surface area (Å²) in [5.74, 6) is -0.167. The molecular weight excluding hydrogens is 211 g/mol. The maximum Gasteiger partial charge on any atom is 0.318 e. The molecule has 1 fully saturated rings. The Balaban J connectivity index is 2.14. The number of hydrogen-bond donors (Lipinski definition) is 2. The molecular formula is C11H11FN2O2. The van der Waals surface area contributed by atoms with Gasteiger partial charge in [0, 0.05) is 12.0 Å². The van der Waals surface area contributed by atoms with Crippen LogP contribution >= 0.6 is 0 Å². The van der Waals surface area contributed by atoms with E-state index in [0.29, 0.717) is 12.0 Å². The van der Waals surface area contributed by atoms with E-state index in [2.05, 4.69) is 10.6 Å². The molecule has 0 radical (unpaired) electrons. The van der Waals surface area contributed by atoms with E-state index in [4.69, 9.17) is 4.74 Å². The van der Waals surface area contributed by atoms with Crippen molar-refractivity contribution in [3.8, 4) is 5.75 Å². The average Bonchev–Trinajstić information content (AvgIpc) is 2.18. The van der Waals surface area contributed by atoms with Gasteiger partial charge in [0.2, 0.25) is 0 Å². The molecule has 0 aromatic heterocycles. The van der Waals surface area contributed by atoms with Gasteiger partial charge >= 0.3 is 6.03 Å². The van der Waals surface area contributed by atoms with Crippen molar-refractivity contribution in [1.29, 1.82) is 0 Å². The van der Waals surface area contributed by atoms with Crippen molar-refractivity contribution < 1.29 is 13.9 Å². The molecule has 1 saturated heterocycles. The lowest BCUT2D eigenvalue weighted by Gasteiger charge is -2.44. The molecule has 4 nitrogen and oxygen atoms in total. The molecule has 2 heterocycles. The largest absolute Gasteiger partial charge is 0.465 e. The Labute approximate surface area is 91.8 Å². The van der Waals surface area contributed by atoms with E-state index in [1.54, 1.807) is 19.1 Å². The van der Waals surface area contributed by atoms with Crippen LogP contribution in [0, 0.1) is 5.82 Å². The van der Waals surface area contributed by atoms with Gasteiger partial charge in [0.1, 0.15) is 0 Å². The van der Waals surface area contributed by atoms with Gasteiger partial charge in [-0.05, 0) is 13.0 Å². The predicted molar refractivity (Wildman–Crippen MR) is 54.5 cm³/mol. The standard InChI is InChI=1S/C11H11FN2O2/c1-11-5-8(13-10(15)14-11)6-3-2-4-7(12)9(6)16-11/h2-4,8H,5H2,1H3,(H2,13,14,15)/t8-,11-/m0/s1. The number of carbonyl (C=O) groups is 1. The van der Waals surface area contributed by atoms with Gasteiger partial charge in [0.15, 0.2) is 17.3 Å². The number of hydrogen-bond acceptors (Lipinski definition) is 2. The van der Waals surface area contributed by atoms with E-state index < -0.39 is 11.5 Å². The van der Waals surface area contributed by atoms with Gasteiger partial charge in [-0.15, -0.1) is 0 Å². The van der Waals surface area contributed by atoms with Crippen molar-refractivity contribution in [2.24, 2.45) is 0 Å². The first kappa shape index (κ1) is 9.45. The molecule has 0 unspecified atom stereocenters. The molecule has 0 saturated carbocycles. The minimum absolute atomic E-state index is 0.182. The highest BCUT2D eigenvalue weighted by Crippen LogP contribution is 2.41. The van der Waals surface area contributed by atoms with E-state index in [0.717, 1.165) is 0 Å². The number of amides is 2. The lowest BCUT2D eigenvalue weighted by molar-refractivity contribution is 0.00807. The Morgan fingerprint density at radius 3 is 3.19 bits per heavy atom. The van der Waals surface area contributed by atoms with Crippen molar-refractivity contribution in [3.05, 3.63) is 29.6 Å². The lowest BCUT2D eigenvalue weighted by Crippen LogP contribution is -2.62. The predicted octanol–water partition coefficient (Wildman–Crippen LogP) is 1.68. The van der Waals surface area contributed by atoms with Crippen molar-refractivity contribution in [2.75, 3.05) is 0 Å². The molecule has 1 aromatic carbocycles. The van der Waals surface area contributed by atoms with Crippen LogP contribution in [0.2, 0.25) is 0 Å². The van der Waals surface area contributed by atoms with E-state index in [1.807, 2.05) is 0 Å². The first-order valence-corrected chi connectivity index (χ1v) is 5.13. The summed E-state index contributed by atoms with van der Waals surface area (Å²) in [6.07, 6.45) is 0.592. The van der Waals surface area contributed by atoms with Gasteiger partial charge < -0.3 is 15.4 Å². The highest BCUT2D eigenvalue weighted by molar-refractivity contribution is 5.77. The summed E-state index contributed by atoms with van der Waals surface area (Å²) in [6.45, 7) is 1.74. The number of carbonyl (C=O) groups excluding carboxylic acids is 1. The second kappa shape index (κ2) is 2.87. The number of nitrogens with one attached hydrogen (secondary N) is 2. The summed E-state index contributed by atoms with van der Waals surface area (Å²) in [5.41, 5.74) is -0.116. The Bertz CT molecular complexity index is 477. The number of benzene rings is 1. The second-order valence-corrected chi connectivity index (χ2v) is 4.35. The molecule has 2 aliphatic rings. The topological polar surface area (TPSA) is 50.4 Å². The molecule has 3 rings (SSSR count). The van der Waals surface area contributed by atoms with Gasteiger partial charge in [-0.25, -0.2) is 9.18 Å². The van der Waals surface area contributed by atoms with Crippen LogP contribution in [0.5, 0.6) is 5.75 Å². The third-order valence-electron chi connectivity index (χ3n) is 2.98. The molecule has 16 heavy (non-hydrogen) atoms. The monoisotopic (exact) mass is 222 g/mol. The second-order valence-electron chi connectivity index (χ2n) is 4.35.